The second-order valence-corrected chi connectivity index (χ2v) is 6.22. The molecule has 5 heteroatoms. The minimum Gasteiger partial charge on any atom is -0.481 e. The Labute approximate surface area is 119 Å². The fourth-order valence-electron chi connectivity index (χ4n) is 3.47. The van der Waals surface area contributed by atoms with Crippen molar-refractivity contribution in [1.82, 2.24) is 5.32 Å². The van der Waals surface area contributed by atoms with Crippen LogP contribution in [0.3, 0.4) is 0 Å². The fraction of sp³-hybridized carbons (Fsp3) is 0.733. The van der Waals surface area contributed by atoms with E-state index in [-0.39, 0.29) is 24.3 Å². The Bertz CT molecular complexity index is 434. The molecule has 2 rings (SSSR count). The molecule has 0 aromatic heterocycles. The molecule has 5 unspecified atom stereocenters. The standard InChI is InChI=1S/C15H23NO4/c1-3-15(2,6-7-17)16-13(18)11-9-4-5-10(8-9)12(11)14(19)20/h4-5,9-12,17H,3,6-8H2,1-2H3,(H,16,18)(H,19,20). The number of aliphatic carboxylic acids is 1. The zero-order valence-corrected chi connectivity index (χ0v) is 12.0. The number of hydrogen-bond donors (Lipinski definition) is 3. The Morgan fingerprint density at radius 2 is 1.90 bits per heavy atom. The third-order valence-corrected chi connectivity index (χ3v) is 4.92. The van der Waals surface area contributed by atoms with Gasteiger partial charge >= 0.3 is 5.97 Å². The zero-order valence-electron chi connectivity index (χ0n) is 12.0. The number of carbonyl (C=O) groups excluding carboxylic acids is 1. The largest absolute Gasteiger partial charge is 0.481 e. The van der Waals surface area contributed by atoms with Crippen molar-refractivity contribution in [3.63, 3.8) is 0 Å². The van der Waals surface area contributed by atoms with Crippen LogP contribution in [0.1, 0.15) is 33.1 Å². The SMILES string of the molecule is CCC(C)(CCO)NC(=O)C1C2C=CC(C2)C1C(=O)O. The number of aliphatic hydroxyl groups excluding tert-OH is 1. The van der Waals surface area contributed by atoms with Gasteiger partial charge < -0.3 is 15.5 Å². The van der Waals surface area contributed by atoms with Crippen molar-refractivity contribution >= 4 is 11.9 Å². The first kappa shape index (κ1) is 15.0. The van der Waals surface area contributed by atoms with Crippen molar-refractivity contribution < 1.29 is 19.8 Å². The highest BCUT2D eigenvalue weighted by molar-refractivity contribution is 5.87. The molecule has 1 fully saturated rings. The number of nitrogens with one attached hydrogen (secondary N) is 1. The molecule has 0 aromatic rings. The highest BCUT2D eigenvalue weighted by atomic mass is 16.4. The smallest absolute Gasteiger partial charge is 0.307 e. The van der Waals surface area contributed by atoms with E-state index in [9.17, 15) is 14.7 Å². The van der Waals surface area contributed by atoms with Crippen molar-refractivity contribution in [1.29, 1.82) is 0 Å². The predicted molar refractivity (Wildman–Crippen MR) is 73.9 cm³/mol. The molecule has 2 bridgehead atoms. The molecule has 3 N–H and O–H groups in total. The van der Waals surface area contributed by atoms with Crippen LogP contribution in [0.2, 0.25) is 0 Å². The van der Waals surface area contributed by atoms with Crippen LogP contribution in [0.4, 0.5) is 0 Å². The number of carboxylic acid groups (broad SMARTS) is 1. The van der Waals surface area contributed by atoms with Gasteiger partial charge in [0.1, 0.15) is 0 Å². The Morgan fingerprint density at radius 3 is 2.40 bits per heavy atom. The quantitative estimate of drug-likeness (QED) is 0.638. The monoisotopic (exact) mass is 281 g/mol. The maximum atomic E-state index is 12.5. The van der Waals surface area contributed by atoms with Gasteiger partial charge in [0.05, 0.1) is 11.8 Å². The molecular formula is C15H23NO4. The average Bonchev–Trinajstić information content (AvgIpc) is 2.98. The maximum Gasteiger partial charge on any atom is 0.307 e. The van der Waals surface area contributed by atoms with Crippen LogP contribution in [0, 0.1) is 23.7 Å². The van der Waals surface area contributed by atoms with Crippen LogP contribution < -0.4 is 5.32 Å². The van der Waals surface area contributed by atoms with Crippen molar-refractivity contribution in [2.75, 3.05) is 6.61 Å². The summed E-state index contributed by atoms with van der Waals surface area (Å²) >= 11 is 0. The lowest BCUT2D eigenvalue weighted by molar-refractivity contribution is -0.148. The number of fused-ring (bicyclic) bond motifs is 2. The minimum atomic E-state index is -0.887. The first-order valence-corrected chi connectivity index (χ1v) is 7.26. The Kier molecular flexibility index (Phi) is 4.18. The molecule has 5 atom stereocenters. The van der Waals surface area contributed by atoms with E-state index in [1.165, 1.54) is 0 Å². The first-order valence-electron chi connectivity index (χ1n) is 7.26. The summed E-state index contributed by atoms with van der Waals surface area (Å²) < 4.78 is 0. The zero-order chi connectivity index (χ0) is 14.9. The molecule has 112 valence electrons. The Hall–Kier alpha value is -1.36. The molecule has 0 aliphatic heterocycles. The summed E-state index contributed by atoms with van der Waals surface area (Å²) in [5.41, 5.74) is -0.472. The molecule has 0 spiro atoms. The van der Waals surface area contributed by atoms with Crippen LogP contribution >= 0.6 is 0 Å². The summed E-state index contributed by atoms with van der Waals surface area (Å²) in [5, 5.41) is 21.4. The molecule has 20 heavy (non-hydrogen) atoms. The number of hydrogen-bond acceptors (Lipinski definition) is 3. The van der Waals surface area contributed by atoms with Crippen LogP contribution in [0.25, 0.3) is 0 Å². The molecule has 0 radical (unpaired) electrons. The minimum absolute atomic E-state index is 0.00357. The van der Waals surface area contributed by atoms with E-state index in [1.807, 2.05) is 26.0 Å². The summed E-state index contributed by atoms with van der Waals surface area (Å²) in [6.45, 7) is 3.84. The number of amides is 1. The molecule has 0 heterocycles. The first-order chi connectivity index (χ1) is 9.41. The van der Waals surface area contributed by atoms with Gasteiger partial charge in [-0.1, -0.05) is 19.1 Å². The van der Waals surface area contributed by atoms with Gasteiger partial charge in [-0.2, -0.15) is 0 Å². The molecule has 0 saturated heterocycles. The van der Waals surface area contributed by atoms with Crippen molar-refractivity contribution in [2.45, 2.75) is 38.6 Å². The van der Waals surface area contributed by atoms with E-state index >= 15 is 0 Å². The van der Waals surface area contributed by atoms with Crippen LogP contribution in [-0.4, -0.2) is 34.2 Å². The Morgan fingerprint density at radius 1 is 1.30 bits per heavy atom. The normalized spacial score (nSPS) is 34.0. The molecule has 5 nitrogen and oxygen atoms in total. The summed E-state index contributed by atoms with van der Waals surface area (Å²) in [6.07, 6.45) is 5.85. The highest BCUT2D eigenvalue weighted by Crippen LogP contribution is 2.48. The second-order valence-electron chi connectivity index (χ2n) is 6.22. The van der Waals surface area contributed by atoms with E-state index in [0.29, 0.717) is 12.8 Å². The van der Waals surface area contributed by atoms with Crippen LogP contribution in [0.15, 0.2) is 12.2 Å². The molecule has 1 saturated carbocycles. The third kappa shape index (κ3) is 2.59. The van der Waals surface area contributed by atoms with Crippen LogP contribution in [0.5, 0.6) is 0 Å². The molecule has 2 aliphatic rings. The van der Waals surface area contributed by atoms with E-state index in [4.69, 9.17) is 5.11 Å². The maximum absolute atomic E-state index is 12.5. The van der Waals surface area contributed by atoms with Gasteiger partial charge in [-0.3, -0.25) is 9.59 Å². The van der Waals surface area contributed by atoms with Gasteiger partial charge in [0.25, 0.3) is 0 Å². The van der Waals surface area contributed by atoms with E-state index in [0.717, 1.165) is 6.42 Å². The lowest BCUT2D eigenvalue weighted by Gasteiger charge is -2.33. The van der Waals surface area contributed by atoms with Gasteiger partial charge in [-0.05, 0) is 38.0 Å². The lowest BCUT2D eigenvalue weighted by Crippen LogP contribution is -2.51. The summed E-state index contributed by atoms with van der Waals surface area (Å²) in [5.74, 6) is -2.14. The van der Waals surface area contributed by atoms with Gasteiger partial charge in [0, 0.05) is 12.1 Å². The number of carbonyl (C=O) groups is 2. The fourth-order valence-corrected chi connectivity index (χ4v) is 3.47. The molecule has 1 amide bonds. The van der Waals surface area contributed by atoms with Crippen molar-refractivity contribution in [3.05, 3.63) is 12.2 Å². The second kappa shape index (κ2) is 5.56. The third-order valence-electron chi connectivity index (χ3n) is 4.92. The topological polar surface area (TPSA) is 86.6 Å². The van der Waals surface area contributed by atoms with Crippen LogP contribution in [-0.2, 0) is 9.59 Å². The van der Waals surface area contributed by atoms with Gasteiger partial charge in [-0.15, -0.1) is 0 Å². The lowest BCUT2D eigenvalue weighted by atomic mass is 9.81. The average molecular weight is 281 g/mol. The predicted octanol–water partition coefficient (Wildman–Crippen LogP) is 1.18. The number of aliphatic hydroxyl groups is 1. The van der Waals surface area contributed by atoms with Gasteiger partial charge in [0.15, 0.2) is 0 Å². The van der Waals surface area contributed by atoms with Crippen molar-refractivity contribution in [2.24, 2.45) is 23.7 Å². The number of allylic oxidation sites excluding steroid dienone is 2. The Balaban J connectivity index is 2.12. The molecular weight excluding hydrogens is 258 g/mol. The highest BCUT2D eigenvalue weighted by Gasteiger charge is 2.52. The summed E-state index contributed by atoms with van der Waals surface area (Å²) in [7, 11) is 0. The van der Waals surface area contributed by atoms with Gasteiger partial charge in [-0.25, -0.2) is 0 Å². The number of rotatable bonds is 6. The molecule has 2 aliphatic carbocycles. The van der Waals surface area contributed by atoms with E-state index < -0.39 is 23.3 Å². The summed E-state index contributed by atoms with van der Waals surface area (Å²) in [4.78, 5) is 23.9. The summed E-state index contributed by atoms with van der Waals surface area (Å²) in [6, 6.07) is 0. The number of carboxylic acids is 1. The molecule has 0 aromatic carbocycles. The van der Waals surface area contributed by atoms with E-state index in [2.05, 4.69) is 5.32 Å². The van der Waals surface area contributed by atoms with Gasteiger partial charge in [0.2, 0.25) is 5.91 Å². The van der Waals surface area contributed by atoms with E-state index in [1.54, 1.807) is 0 Å². The van der Waals surface area contributed by atoms with Crippen molar-refractivity contribution in [3.8, 4) is 0 Å².